The van der Waals surface area contributed by atoms with Crippen LogP contribution in [-0.2, 0) is 0 Å². The van der Waals surface area contributed by atoms with Crippen molar-refractivity contribution in [3.05, 3.63) is 188 Å². The van der Waals surface area contributed by atoms with E-state index in [1.165, 1.54) is 52.8 Å². The molecule has 0 aliphatic rings. The summed E-state index contributed by atoms with van der Waals surface area (Å²) in [4.78, 5) is 2.35. The Hall–Kier alpha value is -6.68. The highest BCUT2D eigenvalue weighted by Gasteiger charge is 2.18. The van der Waals surface area contributed by atoms with Gasteiger partial charge >= 0.3 is 0 Å². The van der Waals surface area contributed by atoms with Crippen LogP contribution in [0.3, 0.4) is 0 Å². The first-order chi connectivity index (χ1) is 26.2. The molecule has 0 saturated carbocycles. The molecule has 0 fully saturated rings. The molecule has 0 radical (unpaired) electrons. The second-order valence-electron chi connectivity index (χ2n) is 13.7. The van der Waals surface area contributed by atoms with Crippen LogP contribution >= 0.6 is 11.3 Å². The van der Waals surface area contributed by atoms with Crippen molar-refractivity contribution in [2.45, 2.75) is 0 Å². The largest absolute Gasteiger partial charge is 0.455 e. The zero-order chi connectivity index (χ0) is 34.9. The van der Waals surface area contributed by atoms with E-state index in [0.717, 1.165) is 50.1 Å². The number of rotatable bonds is 5. The minimum atomic E-state index is 0.866. The number of hydrogen-bond acceptors (Lipinski definition) is 3. The second kappa shape index (κ2) is 11.9. The Labute approximate surface area is 310 Å². The summed E-state index contributed by atoms with van der Waals surface area (Å²) in [5, 5.41) is 9.80. The molecule has 0 atom stereocenters. The van der Waals surface area contributed by atoms with Crippen molar-refractivity contribution < 1.29 is 4.42 Å². The van der Waals surface area contributed by atoms with Gasteiger partial charge in [-0.15, -0.1) is 11.3 Å². The van der Waals surface area contributed by atoms with Gasteiger partial charge in [0.1, 0.15) is 11.2 Å². The third-order valence-electron chi connectivity index (χ3n) is 10.6. The van der Waals surface area contributed by atoms with Crippen LogP contribution in [0.25, 0.3) is 85.9 Å². The lowest BCUT2D eigenvalue weighted by Crippen LogP contribution is -2.09. The molecular weight excluding hydrogens is 663 g/mol. The fourth-order valence-electron chi connectivity index (χ4n) is 8.06. The number of hydrogen-bond donors (Lipinski definition) is 0. The summed E-state index contributed by atoms with van der Waals surface area (Å²) in [7, 11) is 0. The van der Waals surface area contributed by atoms with E-state index in [1.807, 2.05) is 11.3 Å². The normalized spacial score (nSPS) is 11.8. The lowest BCUT2D eigenvalue weighted by atomic mass is 10.00. The average Bonchev–Trinajstić information content (AvgIpc) is 3.79. The van der Waals surface area contributed by atoms with Crippen molar-refractivity contribution in [2.24, 2.45) is 0 Å². The minimum absolute atomic E-state index is 0.866. The van der Waals surface area contributed by atoms with E-state index in [0.29, 0.717) is 0 Å². The van der Waals surface area contributed by atoms with E-state index < -0.39 is 0 Å². The Morgan fingerprint density at radius 1 is 0.358 bits per heavy atom. The Kier molecular flexibility index (Phi) is 6.76. The molecule has 11 rings (SSSR count). The number of fused-ring (bicyclic) bond motifs is 9. The zero-order valence-corrected chi connectivity index (χ0v) is 29.5. The highest BCUT2D eigenvalue weighted by atomic mass is 32.1. The first kappa shape index (κ1) is 30.0. The van der Waals surface area contributed by atoms with Crippen molar-refractivity contribution in [1.82, 2.24) is 0 Å². The van der Waals surface area contributed by atoms with Crippen molar-refractivity contribution in [1.29, 1.82) is 0 Å². The second-order valence-corrected chi connectivity index (χ2v) is 14.8. The van der Waals surface area contributed by atoms with Gasteiger partial charge in [-0.05, 0) is 92.8 Å². The molecule has 0 N–H and O–H groups in total. The quantitative estimate of drug-likeness (QED) is 0.167. The lowest BCUT2D eigenvalue weighted by molar-refractivity contribution is 0.670. The third kappa shape index (κ3) is 4.93. The molecule has 0 unspecified atom stereocenters. The Balaban J connectivity index is 1.07. The van der Waals surface area contributed by atoms with Gasteiger partial charge in [-0.3, -0.25) is 0 Å². The molecule has 0 aliphatic heterocycles. The summed E-state index contributed by atoms with van der Waals surface area (Å²) in [5.74, 6) is 0. The van der Waals surface area contributed by atoms with E-state index >= 15 is 0 Å². The summed E-state index contributed by atoms with van der Waals surface area (Å²) in [6, 6.07) is 68.0. The molecule has 9 aromatic carbocycles. The van der Waals surface area contributed by atoms with Crippen molar-refractivity contribution in [2.75, 3.05) is 4.90 Å². The van der Waals surface area contributed by atoms with Gasteiger partial charge in [0.2, 0.25) is 0 Å². The number of furan rings is 1. The Morgan fingerprint density at radius 3 is 1.91 bits per heavy atom. The van der Waals surface area contributed by atoms with Crippen LogP contribution < -0.4 is 4.90 Å². The molecule has 2 heterocycles. The molecule has 2 nitrogen and oxygen atoms in total. The van der Waals surface area contributed by atoms with E-state index in [-0.39, 0.29) is 0 Å². The van der Waals surface area contributed by atoms with Crippen LogP contribution in [0, 0.1) is 0 Å². The fourth-order valence-corrected chi connectivity index (χ4v) is 9.14. The third-order valence-corrected chi connectivity index (χ3v) is 11.8. The number of benzene rings is 9. The minimum Gasteiger partial charge on any atom is -0.455 e. The van der Waals surface area contributed by atoms with Crippen LogP contribution in [0.15, 0.2) is 192 Å². The topological polar surface area (TPSA) is 16.4 Å². The van der Waals surface area contributed by atoms with Gasteiger partial charge in [-0.2, -0.15) is 0 Å². The van der Waals surface area contributed by atoms with Gasteiger partial charge in [0.15, 0.2) is 0 Å². The number of nitrogens with zero attached hydrogens (tertiary/aromatic N) is 1. The maximum atomic E-state index is 6.74. The maximum Gasteiger partial charge on any atom is 0.143 e. The summed E-state index contributed by atoms with van der Waals surface area (Å²) in [6.07, 6.45) is 0. The zero-order valence-electron chi connectivity index (χ0n) is 28.7. The number of thiophene rings is 1. The molecule has 0 spiro atoms. The monoisotopic (exact) mass is 693 g/mol. The van der Waals surface area contributed by atoms with Gasteiger partial charge < -0.3 is 9.32 Å². The predicted molar refractivity (Wildman–Crippen MR) is 227 cm³/mol. The standard InChI is InChI=1S/C50H31NOS/c1-2-9-33(10-3-1)41-14-8-15-44-42-27-26-39(31-47(42)52-50(41)44)51(38-25-21-35-18-17-34-11-4-5-12-40(34)45(35)30-38)37-23-19-32(20-24-37)36-22-28-49-46(29-36)43-13-6-7-16-48(43)53-49/h1-31H. The molecule has 0 bridgehead atoms. The molecule has 11 aromatic rings. The van der Waals surface area contributed by atoms with Crippen molar-refractivity contribution >= 4 is 92.1 Å². The first-order valence-electron chi connectivity index (χ1n) is 18.0. The van der Waals surface area contributed by atoms with E-state index in [9.17, 15) is 0 Å². The smallest absolute Gasteiger partial charge is 0.143 e. The average molecular weight is 694 g/mol. The van der Waals surface area contributed by atoms with Crippen molar-refractivity contribution in [3.63, 3.8) is 0 Å². The lowest BCUT2D eigenvalue weighted by Gasteiger charge is -2.26. The molecule has 0 saturated heterocycles. The van der Waals surface area contributed by atoms with Crippen LogP contribution in [0.5, 0.6) is 0 Å². The summed E-state index contributed by atoms with van der Waals surface area (Å²) in [6.45, 7) is 0. The summed E-state index contributed by atoms with van der Waals surface area (Å²) < 4.78 is 9.38. The Morgan fingerprint density at radius 2 is 1.02 bits per heavy atom. The SMILES string of the molecule is c1ccc(-c2cccc3c2oc2cc(N(c4ccc(-c5ccc6sc7ccccc7c6c5)cc4)c4ccc5ccc6ccccc6c5c4)ccc23)cc1. The maximum absolute atomic E-state index is 6.74. The van der Waals surface area contributed by atoms with Crippen LogP contribution in [0.4, 0.5) is 17.1 Å². The fraction of sp³-hybridized carbons (Fsp3) is 0. The summed E-state index contributed by atoms with van der Waals surface area (Å²) in [5.41, 5.74) is 9.64. The molecule has 0 aliphatic carbocycles. The van der Waals surface area contributed by atoms with Crippen molar-refractivity contribution in [3.8, 4) is 22.3 Å². The van der Waals surface area contributed by atoms with Crippen LogP contribution in [0.1, 0.15) is 0 Å². The Bertz CT molecular complexity index is 3170. The number of para-hydroxylation sites is 1. The van der Waals surface area contributed by atoms with Crippen LogP contribution in [0.2, 0.25) is 0 Å². The predicted octanol–water partition coefficient (Wildman–Crippen LogP) is 15.1. The van der Waals surface area contributed by atoms with Gasteiger partial charge in [0.25, 0.3) is 0 Å². The van der Waals surface area contributed by atoms with Crippen LogP contribution in [-0.4, -0.2) is 0 Å². The molecule has 2 aromatic heterocycles. The molecule has 0 amide bonds. The molecular formula is C50H31NOS. The van der Waals surface area contributed by atoms with E-state index in [4.69, 9.17) is 4.42 Å². The molecule has 3 heteroatoms. The molecule has 248 valence electrons. The van der Waals surface area contributed by atoms with Gasteiger partial charge in [-0.25, -0.2) is 0 Å². The highest BCUT2D eigenvalue weighted by Crippen LogP contribution is 2.43. The summed E-state index contributed by atoms with van der Waals surface area (Å²) >= 11 is 1.86. The molecule has 53 heavy (non-hydrogen) atoms. The van der Waals surface area contributed by atoms with Gasteiger partial charge in [-0.1, -0.05) is 127 Å². The number of anilines is 3. The highest BCUT2D eigenvalue weighted by molar-refractivity contribution is 7.25. The van der Waals surface area contributed by atoms with E-state index in [2.05, 4.69) is 193 Å². The van der Waals surface area contributed by atoms with Gasteiger partial charge in [0, 0.05) is 59.6 Å². The first-order valence-corrected chi connectivity index (χ1v) is 18.8. The van der Waals surface area contributed by atoms with E-state index in [1.54, 1.807) is 0 Å². The van der Waals surface area contributed by atoms with Gasteiger partial charge in [0.05, 0.1) is 0 Å².